The second kappa shape index (κ2) is 7.36. The predicted molar refractivity (Wildman–Crippen MR) is 83.6 cm³/mol. The Bertz CT molecular complexity index is 493. The van der Waals surface area contributed by atoms with E-state index >= 15 is 0 Å². The molecule has 1 aliphatic rings. The van der Waals surface area contributed by atoms with Gasteiger partial charge in [-0.05, 0) is 45.7 Å². The fourth-order valence-corrected chi connectivity index (χ4v) is 2.82. The Morgan fingerprint density at radius 1 is 1.52 bits per heavy atom. The van der Waals surface area contributed by atoms with Gasteiger partial charge in [0.2, 0.25) is 0 Å². The van der Waals surface area contributed by atoms with E-state index in [9.17, 15) is 10.1 Å². The van der Waals surface area contributed by atoms with Crippen LogP contribution in [-0.2, 0) is 0 Å². The standard InChI is InChI=1S/C15H24N4O2/c1-12-10-15(17-11-14(12)19(20)21)16-7-5-9-18-8-4-3-6-13(18)2/h10-11,13H,3-9H2,1-2H3,(H,16,17). The minimum absolute atomic E-state index is 0.0719. The summed E-state index contributed by atoms with van der Waals surface area (Å²) in [4.78, 5) is 17.0. The van der Waals surface area contributed by atoms with E-state index in [4.69, 9.17) is 0 Å². The molecule has 1 unspecified atom stereocenters. The molecular formula is C15H24N4O2. The molecule has 0 aromatic carbocycles. The van der Waals surface area contributed by atoms with Crippen molar-refractivity contribution in [3.8, 4) is 0 Å². The molecule has 6 heteroatoms. The highest BCUT2D eigenvalue weighted by Gasteiger charge is 2.17. The maximum absolute atomic E-state index is 10.7. The molecule has 0 amide bonds. The lowest BCUT2D eigenvalue weighted by Gasteiger charge is -2.33. The van der Waals surface area contributed by atoms with Crippen LogP contribution in [0.2, 0.25) is 0 Å². The Labute approximate surface area is 125 Å². The number of pyridine rings is 1. The highest BCUT2D eigenvalue weighted by Crippen LogP contribution is 2.19. The number of nitrogens with one attached hydrogen (secondary N) is 1. The molecule has 2 heterocycles. The van der Waals surface area contributed by atoms with E-state index < -0.39 is 4.92 Å². The largest absolute Gasteiger partial charge is 0.370 e. The number of aromatic nitrogens is 1. The average Bonchev–Trinajstić information content (AvgIpc) is 2.45. The Hall–Kier alpha value is -1.69. The highest BCUT2D eigenvalue weighted by molar-refractivity contribution is 5.46. The zero-order chi connectivity index (χ0) is 15.2. The molecular weight excluding hydrogens is 268 g/mol. The smallest absolute Gasteiger partial charge is 0.290 e. The van der Waals surface area contributed by atoms with Gasteiger partial charge in [0.25, 0.3) is 5.69 Å². The SMILES string of the molecule is Cc1cc(NCCCN2CCCCC2C)ncc1[N+](=O)[O-]. The average molecular weight is 292 g/mol. The van der Waals surface area contributed by atoms with Crippen LogP contribution in [0.15, 0.2) is 12.3 Å². The summed E-state index contributed by atoms with van der Waals surface area (Å²) in [6.45, 7) is 7.18. The third kappa shape index (κ3) is 4.39. The maximum Gasteiger partial charge on any atom is 0.290 e. The Balaban J connectivity index is 1.76. The molecule has 1 aliphatic heterocycles. The van der Waals surface area contributed by atoms with Crippen molar-refractivity contribution in [1.29, 1.82) is 0 Å². The molecule has 0 spiro atoms. The lowest BCUT2D eigenvalue weighted by molar-refractivity contribution is -0.385. The first kappa shape index (κ1) is 15.7. The highest BCUT2D eigenvalue weighted by atomic mass is 16.6. The van der Waals surface area contributed by atoms with E-state index in [2.05, 4.69) is 22.1 Å². The zero-order valence-corrected chi connectivity index (χ0v) is 12.8. The first-order valence-electron chi connectivity index (χ1n) is 7.67. The summed E-state index contributed by atoms with van der Waals surface area (Å²) in [6.07, 6.45) is 6.34. The number of likely N-dealkylation sites (tertiary alicyclic amines) is 1. The van der Waals surface area contributed by atoms with E-state index in [0.717, 1.165) is 19.5 Å². The van der Waals surface area contributed by atoms with Crippen molar-refractivity contribution in [2.45, 2.75) is 45.6 Å². The summed E-state index contributed by atoms with van der Waals surface area (Å²) in [5.74, 6) is 0.713. The Morgan fingerprint density at radius 2 is 2.33 bits per heavy atom. The van der Waals surface area contributed by atoms with Gasteiger partial charge in [-0.3, -0.25) is 10.1 Å². The molecule has 1 aromatic rings. The summed E-state index contributed by atoms with van der Waals surface area (Å²) in [6, 6.07) is 2.43. The minimum atomic E-state index is -0.399. The maximum atomic E-state index is 10.7. The number of nitro groups is 1. The van der Waals surface area contributed by atoms with Crippen LogP contribution in [0.3, 0.4) is 0 Å². The predicted octanol–water partition coefficient (Wildman–Crippen LogP) is 2.97. The van der Waals surface area contributed by atoms with Crippen LogP contribution in [0.25, 0.3) is 0 Å². The molecule has 1 fully saturated rings. The first-order chi connectivity index (χ1) is 10.1. The van der Waals surface area contributed by atoms with Crippen LogP contribution in [0.4, 0.5) is 11.5 Å². The molecule has 0 bridgehead atoms. The van der Waals surface area contributed by atoms with Crippen molar-refractivity contribution in [2.24, 2.45) is 0 Å². The molecule has 0 radical (unpaired) electrons. The van der Waals surface area contributed by atoms with Gasteiger partial charge >= 0.3 is 0 Å². The van der Waals surface area contributed by atoms with Crippen molar-refractivity contribution in [2.75, 3.05) is 25.0 Å². The number of piperidine rings is 1. The molecule has 1 aromatic heterocycles. The molecule has 1 saturated heterocycles. The van der Waals surface area contributed by atoms with Crippen molar-refractivity contribution in [3.63, 3.8) is 0 Å². The molecule has 116 valence electrons. The van der Waals surface area contributed by atoms with E-state index in [1.54, 1.807) is 13.0 Å². The van der Waals surface area contributed by atoms with Gasteiger partial charge in [-0.15, -0.1) is 0 Å². The van der Waals surface area contributed by atoms with Gasteiger partial charge in [0.15, 0.2) is 0 Å². The lowest BCUT2D eigenvalue weighted by atomic mass is 10.0. The first-order valence-corrected chi connectivity index (χ1v) is 7.67. The number of hydrogen-bond donors (Lipinski definition) is 1. The van der Waals surface area contributed by atoms with Crippen LogP contribution in [0.1, 0.15) is 38.2 Å². The van der Waals surface area contributed by atoms with E-state index in [-0.39, 0.29) is 5.69 Å². The summed E-state index contributed by atoms with van der Waals surface area (Å²) >= 11 is 0. The third-order valence-corrected chi connectivity index (χ3v) is 4.15. The number of anilines is 1. The molecule has 0 saturated carbocycles. The van der Waals surface area contributed by atoms with Gasteiger partial charge in [0, 0.05) is 24.7 Å². The molecule has 21 heavy (non-hydrogen) atoms. The van der Waals surface area contributed by atoms with Crippen molar-refractivity contribution < 1.29 is 4.92 Å². The zero-order valence-electron chi connectivity index (χ0n) is 12.8. The topological polar surface area (TPSA) is 71.3 Å². The Morgan fingerprint density at radius 3 is 3.00 bits per heavy atom. The molecule has 1 atom stereocenters. The molecule has 1 N–H and O–H groups in total. The quantitative estimate of drug-likeness (QED) is 0.496. The van der Waals surface area contributed by atoms with Gasteiger partial charge in [-0.1, -0.05) is 6.42 Å². The van der Waals surface area contributed by atoms with Gasteiger partial charge in [-0.2, -0.15) is 0 Å². The normalized spacial score (nSPS) is 19.4. The van der Waals surface area contributed by atoms with Crippen LogP contribution in [-0.4, -0.2) is 40.5 Å². The fraction of sp³-hybridized carbons (Fsp3) is 0.667. The van der Waals surface area contributed by atoms with Gasteiger partial charge in [0.1, 0.15) is 12.0 Å². The van der Waals surface area contributed by atoms with Gasteiger partial charge < -0.3 is 10.2 Å². The van der Waals surface area contributed by atoms with Crippen LogP contribution >= 0.6 is 0 Å². The molecule has 6 nitrogen and oxygen atoms in total. The fourth-order valence-electron chi connectivity index (χ4n) is 2.82. The van der Waals surface area contributed by atoms with E-state index in [0.29, 0.717) is 17.4 Å². The van der Waals surface area contributed by atoms with Gasteiger partial charge in [0.05, 0.1) is 4.92 Å². The summed E-state index contributed by atoms with van der Waals surface area (Å²) < 4.78 is 0. The second-order valence-corrected chi connectivity index (χ2v) is 5.77. The third-order valence-electron chi connectivity index (χ3n) is 4.15. The monoisotopic (exact) mass is 292 g/mol. The summed E-state index contributed by atoms with van der Waals surface area (Å²) in [7, 11) is 0. The number of hydrogen-bond acceptors (Lipinski definition) is 5. The summed E-state index contributed by atoms with van der Waals surface area (Å²) in [5, 5.41) is 14.0. The lowest BCUT2D eigenvalue weighted by Crippen LogP contribution is -2.38. The van der Waals surface area contributed by atoms with Crippen molar-refractivity contribution >= 4 is 11.5 Å². The van der Waals surface area contributed by atoms with Crippen LogP contribution in [0, 0.1) is 17.0 Å². The van der Waals surface area contributed by atoms with Crippen LogP contribution < -0.4 is 5.32 Å². The molecule has 2 rings (SSSR count). The summed E-state index contributed by atoms with van der Waals surface area (Å²) in [5.41, 5.74) is 0.713. The van der Waals surface area contributed by atoms with Crippen LogP contribution in [0.5, 0.6) is 0 Å². The number of nitrogens with zero attached hydrogens (tertiary/aromatic N) is 3. The minimum Gasteiger partial charge on any atom is -0.370 e. The Kier molecular flexibility index (Phi) is 5.50. The second-order valence-electron chi connectivity index (χ2n) is 5.77. The van der Waals surface area contributed by atoms with Crippen molar-refractivity contribution in [3.05, 3.63) is 27.9 Å². The van der Waals surface area contributed by atoms with E-state index in [1.165, 1.54) is 32.0 Å². The van der Waals surface area contributed by atoms with Crippen molar-refractivity contribution in [1.82, 2.24) is 9.88 Å². The van der Waals surface area contributed by atoms with E-state index in [1.807, 2.05) is 0 Å². The van der Waals surface area contributed by atoms with Gasteiger partial charge in [-0.25, -0.2) is 4.98 Å². The number of rotatable bonds is 6. The number of aryl methyl sites for hydroxylation is 1. The molecule has 0 aliphatic carbocycles.